The summed E-state index contributed by atoms with van der Waals surface area (Å²) in [6.45, 7) is 5.57. The van der Waals surface area contributed by atoms with Crippen LogP contribution in [-0.2, 0) is 0 Å². The number of carbonyl (C=O) groups excluding carboxylic acids is 2. The van der Waals surface area contributed by atoms with Crippen molar-refractivity contribution in [2.45, 2.75) is 32.2 Å². The first-order valence-electron chi connectivity index (χ1n) is 7.66. The molecule has 1 atom stereocenters. The number of nitrogens with zero attached hydrogens (tertiary/aromatic N) is 1. The number of carbonyl (C=O) groups is 2. The van der Waals surface area contributed by atoms with Gasteiger partial charge in [0.2, 0.25) is 0 Å². The van der Waals surface area contributed by atoms with Crippen molar-refractivity contribution in [2.75, 3.05) is 25.0 Å². The van der Waals surface area contributed by atoms with Crippen molar-refractivity contribution < 1.29 is 9.59 Å². The molecule has 3 rings (SSSR count). The summed E-state index contributed by atoms with van der Waals surface area (Å²) in [5.41, 5.74) is 1.88. The molecular formula is C16H21N3O2. The largest absolute Gasteiger partial charge is 0.382 e. The summed E-state index contributed by atoms with van der Waals surface area (Å²) in [7, 11) is 0. The Morgan fingerprint density at radius 1 is 1.19 bits per heavy atom. The summed E-state index contributed by atoms with van der Waals surface area (Å²) in [5.74, 6) is -0.591. The number of likely N-dealkylation sites (tertiary alicyclic amines) is 1. The minimum absolute atomic E-state index is 0.295. The van der Waals surface area contributed by atoms with Gasteiger partial charge in [0.1, 0.15) is 0 Å². The molecule has 1 unspecified atom stereocenters. The van der Waals surface area contributed by atoms with Crippen molar-refractivity contribution in [3.63, 3.8) is 0 Å². The fourth-order valence-electron chi connectivity index (χ4n) is 3.11. The maximum atomic E-state index is 11.7. The fourth-order valence-corrected chi connectivity index (χ4v) is 3.11. The molecule has 0 radical (unpaired) electrons. The average molecular weight is 287 g/mol. The van der Waals surface area contributed by atoms with Gasteiger partial charge in [-0.05, 0) is 50.6 Å². The quantitative estimate of drug-likeness (QED) is 0.833. The average Bonchev–Trinajstić information content (AvgIpc) is 2.66. The lowest BCUT2D eigenvalue weighted by molar-refractivity contribution is 0.0879. The third kappa shape index (κ3) is 2.93. The number of imide groups is 1. The van der Waals surface area contributed by atoms with Gasteiger partial charge in [0, 0.05) is 18.3 Å². The van der Waals surface area contributed by atoms with Gasteiger partial charge in [-0.1, -0.05) is 6.92 Å². The molecule has 1 aromatic carbocycles. The zero-order valence-electron chi connectivity index (χ0n) is 12.3. The second-order valence-corrected chi connectivity index (χ2v) is 5.75. The smallest absolute Gasteiger partial charge is 0.259 e. The number of benzene rings is 1. The summed E-state index contributed by atoms with van der Waals surface area (Å²) in [6.07, 6.45) is 3.43. The molecular weight excluding hydrogens is 266 g/mol. The van der Waals surface area contributed by atoms with Crippen LogP contribution in [0.15, 0.2) is 18.2 Å². The summed E-state index contributed by atoms with van der Waals surface area (Å²) in [5, 5.41) is 5.84. The van der Waals surface area contributed by atoms with Crippen molar-refractivity contribution in [1.82, 2.24) is 10.2 Å². The number of anilines is 1. The van der Waals surface area contributed by atoms with E-state index in [1.165, 1.54) is 6.42 Å². The van der Waals surface area contributed by atoms with Gasteiger partial charge in [-0.3, -0.25) is 14.9 Å². The molecule has 0 spiro atoms. The predicted octanol–water partition coefficient (Wildman–Crippen LogP) is 1.86. The number of hydrogen-bond donors (Lipinski definition) is 2. The van der Waals surface area contributed by atoms with E-state index in [1.54, 1.807) is 12.1 Å². The summed E-state index contributed by atoms with van der Waals surface area (Å²) in [4.78, 5) is 25.7. The molecule has 1 saturated heterocycles. The molecule has 0 aliphatic carbocycles. The number of nitrogens with one attached hydrogen (secondary N) is 2. The Labute approximate surface area is 124 Å². The third-order valence-electron chi connectivity index (χ3n) is 4.37. The van der Waals surface area contributed by atoms with Gasteiger partial charge in [0.25, 0.3) is 11.8 Å². The van der Waals surface area contributed by atoms with Crippen LogP contribution in [0.2, 0.25) is 0 Å². The minimum atomic E-state index is -0.297. The van der Waals surface area contributed by atoms with Crippen molar-refractivity contribution >= 4 is 17.5 Å². The van der Waals surface area contributed by atoms with Crippen LogP contribution in [0.4, 0.5) is 5.69 Å². The molecule has 0 aromatic heterocycles. The Balaban J connectivity index is 1.70. The first kappa shape index (κ1) is 14.1. The van der Waals surface area contributed by atoms with E-state index >= 15 is 0 Å². The van der Waals surface area contributed by atoms with Crippen LogP contribution in [0.25, 0.3) is 0 Å². The van der Waals surface area contributed by atoms with Gasteiger partial charge in [0.05, 0.1) is 11.1 Å². The Morgan fingerprint density at radius 2 is 2.00 bits per heavy atom. The SMILES string of the molecule is CCN1CCCC(Nc2ccc3c(c2)C(=O)NC3=O)CC1. The molecule has 1 aromatic rings. The van der Waals surface area contributed by atoms with E-state index in [0.29, 0.717) is 17.2 Å². The Morgan fingerprint density at radius 3 is 2.81 bits per heavy atom. The standard InChI is InChI=1S/C16H21N3O2/c1-2-19-8-3-4-11(7-9-19)17-12-5-6-13-14(10-12)16(21)18-15(13)20/h5-6,10-11,17H,2-4,7-9H2,1H3,(H,18,20,21). The third-order valence-corrected chi connectivity index (χ3v) is 4.37. The van der Waals surface area contributed by atoms with Crippen LogP contribution in [-0.4, -0.2) is 42.4 Å². The van der Waals surface area contributed by atoms with Crippen LogP contribution < -0.4 is 10.6 Å². The first-order chi connectivity index (χ1) is 10.2. The fraction of sp³-hybridized carbons (Fsp3) is 0.500. The van der Waals surface area contributed by atoms with Gasteiger partial charge in [-0.2, -0.15) is 0 Å². The lowest BCUT2D eigenvalue weighted by Gasteiger charge is -2.19. The van der Waals surface area contributed by atoms with Crippen molar-refractivity contribution in [1.29, 1.82) is 0 Å². The van der Waals surface area contributed by atoms with E-state index in [-0.39, 0.29) is 11.8 Å². The molecule has 112 valence electrons. The van der Waals surface area contributed by atoms with Crippen LogP contribution >= 0.6 is 0 Å². The van der Waals surface area contributed by atoms with Crippen molar-refractivity contribution in [3.05, 3.63) is 29.3 Å². The Bertz CT molecular complexity index is 571. The maximum absolute atomic E-state index is 11.7. The summed E-state index contributed by atoms with van der Waals surface area (Å²) >= 11 is 0. The highest BCUT2D eigenvalue weighted by molar-refractivity contribution is 6.21. The Hall–Kier alpha value is -1.88. The van der Waals surface area contributed by atoms with Crippen molar-refractivity contribution in [2.24, 2.45) is 0 Å². The second-order valence-electron chi connectivity index (χ2n) is 5.75. The number of amides is 2. The van der Waals surface area contributed by atoms with Gasteiger partial charge in [-0.15, -0.1) is 0 Å². The lowest BCUT2D eigenvalue weighted by Crippen LogP contribution is -2.26. The lowest BCUT2D eigenvalue weighted by atomic mass is 10.1. The highest BCUT2D eigenvalue weighted by Gasteiger charge is 2.27. The van der Waals surface area contributed by atoms with Gasteiger partial charge >= 0.3 is 0 Å². The first-order valence-corrected chi connectivity index (χ1v) is 7.66. The van der Waals surface area contributed by atoms with Gasteiger partial charge in [-0.25, -0.2) is 0 Å². The monoisotopic (exact) mass is 287 g/mol. The van der Waals surface area contributed by atoms with Crippen LogP contribution in [0.5, 0.6) is 0 Å². The highest BCUT2D eigenvalue weighted by atomic mass is 16.2. The molecule has 5 heteroatoms. The minimum Gasteiger partial charge on any atom is -0.382 e. The van der Waals surface area contributed by atoms with Gasteiger partial charge < -0.3 is 10.2 Å². The highest BCUT2D eigenvalue weighted by Crippen LogP contribution is 2.22. The Kier molecular flexibility index (Phi) is 3.92. The maximum Gasteiger partial charge on any atom is 0.259 e. The molecule has 2 aliphatic rings. The zero-order valence-corrected chi connectivity index (χ0v) is 12.3. The van der Waals surface area contributed by atoms with E-state index in [1.807, 2.05) is 6.07 Å². The molecule has 2 amide bonds. The predicted molar refractivity (Wildman–Crippen MR) is 81.6 cm³/mol. The van der Waals surface area contributed by atoms with Crippen LogP contribution in [0, 0.1) is 0 Å². The number of rotatable bonds is 3. The molecule has 2 N–H and O–H groups in total. The topological polar surface area (TPSA) is 61.4 Å². The van der Waals surface area contributed by atoms with Gasteiger partial charge in [0.15, 0.2) is 0 Å². The molecule has 1 fully saturated rings. The van der Waals surface area contributed by atoms with E-state index < -0.39 is 0 Å². The molecule has 5 nitrogen and oxygen atoms in total. The number of hydrogen-bond acceptors (Lipinski definition) is 4. The normalized spacial score (nSPS) is 22.6. The molecule has 0 saturated carbocycles. The molecule has 2 heterocycles. The van der Waals surface area contributed by atoms with Crippen LogP contribution in [0.1, 0.15) is 46.9 Å². The van der Waals surface area contributed by atoms with E-state index in [2.05, 4.69) is 22.5 Å². The molecule has 21 heavy (non-hydrogen) atoms. The molecule has 0 bridgehead atoms. The van der Waals surface area contributed by atoms with E-state index in [9.17, 15) is 9.59 Å². The van der Waals surface area contributed by atoms with E-state index in [0.717, 1.165) is 38.2 Å². The van der Waals surface area contributed by atoms with Crippen molar-refractivity contribution in [3.8, 4) is 0 Å². The second kappa shape index (κ2) is 5.85. The summed E-state index contributed by atoms with van der Waals surface area (Å²) in [6, 6.07) is 5.84. The number of fused-ring (bicyclic) bond motifs is 1. The van der Waals surface area contributed by atoms with Crippen LogP contribution in [0.3, 0.4) is 0 Å². The van der Waals surface area contributed by atoms with E-state index in [4.69, 9.17) is 0 Å². The zero-order chi connectivity index (χ0) is 14.8. The summed E-state index contributed by atoms with van der Waals surface area (Å²) < 4.78 is 0. The molecule has 2 aliphatic heterocycles.